The van der Waals surface area contributed by atoms with Gasteiger partial charge in [-0.3, -0.25) is 0 Å². The Morgan fingerprint density at radius 1 is 1.44 bits per heavy atom. The number of imidazole rings is 1. The lowest BCUT2D eigenvalue weighted by atomic mass is 10.2. The van der Waals surface area contributed by atoms with Crippen LogP contribution in [0.4, 0.5) is 0 Å². The summed E-state index contributed by atoms with van der Waals surface area (Å²) in [5.41, 5.74) is 0.366. The second-order valence-corrected chi connectivity index (χ2v) is 4.95. The van der Waals surface area contributed by atoms with Crippen molar-refractivity contribution in [3.05, 3.63) is 48.0 Å². The Bertz CT molecular complexity index is 551. The fraction of sp³-hybridized carbons (Fsp3) is 0.231. The van der Waals surface area contributed by atoms with Crippen LogP contribution in [0.25, 0.3) is 0 Å². The van der Waals surface area contributed by atoms with Gasteiger partial charge in [0.15, 0.2) is 0 Å². The van der Waals surface area contributed by atoms with Crippen molar-refractivity contribution in [1.82, 2.24) is 9.55 Å². The number of hydrogen-bond donors (Lipinski definition) is 1. The van der Waals surface area contributed by atoms with Crippen LogP contribution in [-0.4, -0.2) is 26.4 Å². The van der Waals surface area contributed by atoms with Crippen molar-refractivity contribution in [3.63, 3.8) is 0 Å². The van der Waals surface area contributed by atoms with Gasteiger partial charge in [0.1, 0.15) is 5.82 Å². The highest BCUT2D eigenvalue weighted by Gasteiger charge is 2.09. The van der Waals surface area contributed by atoms with Crippen molar-refractivity contribution in [3.8, 4) is 0 Å². The van der Waals surface area contributed by atoms with E-state index >= 15 is 0 Å². The second-order valence-electron chi connectivity index (χ2n) is 3.82. The minimum absolute atomic E-state index is 0.366. The zero-order valence-electron chi connectivity index (χ0n) is 10.0. The molecule has 4 nitrogen and oxygen atoms in total. The summed E-state index contributed by atoms with van der Waals surface area (Å²) < 4.78 is 2.05. The van der Waals surface area contributed by atoms with E-state index in [1.54, 1.807) is 30.1 Å². The van der Waals surface area contributed by atoms with Gasteiger partial charge in [0.25, 0.3) is 0 Å². The average Bonchev–Trinajstić information content (AvgIpc) is 2.76. The summed E-state index contributed by atoms with van der Waals surface area (Å²) in [5.74, 6) is 0.917. The number of rotatable bonds is 5. The van der Waals surface area contributed by atoms with Crippen molar-refractivity contribution in [2.75, 3.05) is 5.75 Å². The van der Waals surface area contributed by atoms with Crippen LogP contribution in [-0.2, 0) is 6.54 Å². The molecule has 0 bridgehead atoms. The van der Waals surface area contributed by atoms with E-state index in [-0.39, 0.29) is 0 Å². The first-order valence-corrected chi connectivity index (χ1v) is 6.60. The monoisotopic (exact) mass is 262 g/mol. The van der Waals surface area contributed by atoms with Gasteiger partial charge in [0.05, 0.1) is 5.56 Å². The van der Waals surface area contributed by atoms with Gasteiger partial charge in [-0.05, 0) is 19.1 Å². The summed E-state index contributed by atoms with van der Waals surface area (Å²) in [4.78, 5) is 16.0. The molecule has 0 radical (unpaired) electrons. The van der Waals surface area contributed by atoms with Crippen LogP contribution in [0.2, 0.25) is 0 Å². The lowest BCUT2D eigenvalue weighted by molar-refractivity contribution is 0.0693. The quantitative estimate of drug-likeness (QED) is 0.842. The number of carboxylic acid groups (broad SMARTS) is 1. The summed E-state index contributed by atoms with van der Waals surface area (Å²) in [6.07, 6.45) is 3.70. The maximum atomic E-state index is 11.0. The van der Waals surface area contributed by atoms with Crippen LogP contribution in [0, 0.1) is 6.92 Å². The Kier molecular flexibility index (Phi) is 4.04. The van der Waals surface area contributed by atoms with Crippen LogP contribution in [0.3, 0.4) is 0 Å². The molecule has 0 aliphatic heterocycles. The molecule has 0 atom stereocenters. The molecule has 94 valence electrons. The first kappa shape index (κ1) is 12.7. The van der Waals surface area contributed by atoms with Crippen molar-refractivity contribution in [2.24, 2.45) is 0 Å². The minimum Gasteiger partial charge on any atom is -0.478 e. The van der Waals surface area contributed by atoms with Gasteiger partial charge in [-0.2, -0.15) is 0 Å². The minimum atomic E-state index is -0.878. The number of carboxylic acids is 1. The molecule has 0 spiro atoms. The molecule has 0 amide bonds. The first-order chi connectivity index (χ1) is 8.68. The molecule has 0 unspecified atom stereocenters. The molecule has 5 heteroatoms. The average molecular weight is 262 g/mol. The molecule has 1 heterocycles. The molecular weight excluding hydrogens is 248 g/mol. The van der Waals surface area contributed by atoms with Crippen molar-refractivity contribution in [2.45, 2.75) is 18.4 Å². The molecule has 2 aromatic rings. The first-order valence-electron chi connectivity index (χ1n) is 5.61. The third-order valence-corrected chi connectivity index (χ3v) is 3.68. The van der Waals surface area contributed by atoms with Crippen LogP contribution in [0.1, 0.15) is 16.2 Å². The number of aromatic carboxylic acids is 1. The smallest absolute Gasteiger partial charge is 0.336 e. The lowest BCUT2D eigenvalue weighted by Gasteiger charge is -2.07. The summed E-state index contributed by atoms with van der Waals surface area (Å²) in [6, 6.07) is 7.08. The highest BCUT2D eigenvalue weighted by atomic mass is 32.2. The van der Waals surface area contributed by atoms with E-state index in [2.05, 4.69) is 9.55 Å². The predicted octanol–water partition coefficient (Wildman–Crippen LogP) is 2.68. The maximum absolute atomic E-state index is 11.0. The molecule has 1 aromatic heterocycles. The Balaban J connectivity index is 1.99. The Hall–Kier alpha value is -1.75. The zero-order valence-corrected chi connectivity index (χ0v) is 10.9. The van der Waals surface area contributed by atoms with Crippen LogP contribution in [0.15, 0.2) is 41.6 Å². The molecular formula is C13H14N2O2S. The van der Waals surface area contributed by atoms with Gasteiger partial charge >= 0.3 is 5.97 Å². The normalized spacial score (nSPS) is 10.5. The Morgan fingerprint density at radius 2 is 2.22 bits per heavy atom. The van der Waals surface area contributed by atoms with Crippen molar-refractivity contribution < 1.29 is 9.90 Å². The van der Waals surface area contributed by atoms with E-state index in [0.29, 0.717) is 5.56 Å². The Labute approximate surface area is 110 Å². The van der Waals surface area contributed by atoms with Gasteiger partial charge in [0, 0.05) is 29.6 Å². The fourth-order valence-corrected chi connectivity index (χ4v) is 2.66. The third-order valence-electron chi connectivity index (χ3n) is 2.63. The molecule has 18 heavy (non-hydrogen) atoms. The topological polar surface area (TPSA) is 55.1 Å². The molecule has 0 saturated heterocycles. The van der Waals surface area contributed by atoms with Gasteiger partial charge in [-0.1, -0.05) is 12.1 Å². The third kappa shape index (κ3) is 2.92. The highest BCUT2D eigenvalue weighted by Crippen LogP contribution is 2.22. The lowest BCUT2D eigenvalue weighted by Crippen LogP contribution is -2.03. The summed E-state index contributed by atoms with van der Waals surface area (Å²) in [5, 5.41) is 9.06. The van der Waals surface area contributed by atoms with E-state index in [1.807, 2.05) is 25.3 Å². The number of nitrogens with zero attached hydrogens (tertiary/aromatic N) is 2. The summed E-state index contributed by atoms with van der Waals surface area (Å²) in [6.45, 7) is 2.78. The number of benzene rings is 1. The number of hydrogen-bond acceptors (Lipinski definition) is 3. The predicted molar refractivity (Wildman–Crippen MR) is 71.1 cm³/mol. The van der Waals surface area contributed by atoms with E-state index in [0.717, 1.165) is 23.0 Å². The number of thioether (sulfide) groups is 1. The van der Waals surface area contributed by atoms with Gasteiger partial charge in [-0.25, -0.2) is 9.78 Å². The van der Waals surface area contributed by atoms with E-state index in [4.69, 9.17) is 5.11 Å². The van der Waals surface area contributed by atoms with E-state index in [1.165, 1.54) is 0 Å². The number of carbonyl (C=O) groups is 1. The molecule has 1 N–H and O–H groups in total. The highest BCUT2D eigenvalue weighted by molar-refractivity contribution is 7.99. The van der Waals surface area contributed by atoms with Gasteiger partial charge in [-0.15, -0.1) is 11.8 Å². The number of aryl methyl sites for hydroxylation is 2. The van der Waals surface area contributed by atoms with Gasteiger partial charge < -0.3 is 9.67 Å². The molecule has 2 rings (SSSR count). The van der Waals surface area contributed by atoms with Crippen LogP contribution >= 0.6 is 11.8 Å². The second kappa shape index (κ2) is 5.73. The molecule has 0 aliphatic carbocycles. The zero-order chi connectivity index (χ0) is 13.0. The summed E-state index contributed by atoms with van der Waals surface area (Å²) in [7, 11) is 0. The molecule has 0 saturated carbocycles. The van der Waals surface area contributed by atoms with Crippen LogP contribution < -0.4 is 0 Å². The Morgan fingerprint density at radius 3 is 2.89 bits per heavy atom. The number of aromatic nitrogens is 2. The molecule has 0 fully saturated rings. The van der Waals surface area contributed by atoms with Crippen LogP contribution in [0.5, 0.6) is 0 Å². The SMILES string of the molecule is Cc1nccn1CCSc1ccccc1C(=O)O. The molecule has 0 aliphatic rings. The van der Waals surface area contributed by atoms with Crippen molar-refractivity contribution >= 4 is 17.7 Å². The van der Waals surface area contributed by atoms with E-state index < -0.39 is 5.97 Å². The van der Waals surface area contributed by atoms with Gasteiger partial charge in [0.2, 0.25) is 0 Å². The summed E-state index contributed by atoms with van der Waals surface area (Å²) >= 11 is 1.55. The largest absolute Gasteiger partial charge is 0.478 e. The molecule has 1 aromatic carbocycles. The maximum Gasteiger partial charge on any atom is 0.336 e. The van der Waals surface area contributed by atoms with E-state index in [9.17, 15) is 4.79 Å². The fourth-order valence-electron chi connectivity index (χ4n) is 1.66. The standard InChI is InChI=1S/C13H14N2O2S/c1-10-14-6-7-15(10)8-9-18-12-5-3-2-4-11(12)13(16)17/h2-7H,8-9H2,1H3,(H,16,17). The van der Waals surface area contributed by atoms with Crippen molar-refractivity contribution in [1.29, 1.82) is 0 Å².